The van der Waals surface area contributed by atoms with E-state index in [-0.39, 0.29) is 23.2 Å². The van der Waals surface area contributed by atoms with E-state index in [0.29, 0.717) is 18.8 Å². The van der Waals surface area contributed by atoms with E-state index >= 15 is 0 Å². The molecule has 124 valence electrons. The van der Waals surface area contributed by atoms with Gasteiger partial charge in [-0.2, -0.15) is 5.10 Å². The van der Waals surface area contributed by atoms with E-state index in [1.165, 1.54) is 7.11 Å². The van der Waals surface area contributed by atoms with Crippen LogP contribution >= 0.6 is 0 Å². The molecule has 0 N–H and O–H groups in total. The molecule has 1 amide bonds. The molecule has 3 heterocycles. The highest BCUT2D eigenvalue weighted by molar-refractivity contribution is 5.94. The Bertz CT molecular complexity index is 672. The molecule has 0 unspecified atom stereocenters. The molecular weight excluding hydrogens is 294 g/mol. The normalized spacial score (nSPS) is 30.6. The van der Waals surface area contributed by atoms with Gasteiger partial charge in [0.2, 0.25) is 0 Å². The van der Waals surface area contributed by atoms with Crippen LogP contribution in [0.5, 0.6) is 0 Å². The average molecular weight is 317 g/mol. The summed E-state index contributed by atoms with van der Waals surface area (Å²) in [6, 6.07) is 1.91. The summed E-state index contributed by atoms with van der Waals surface area (Å²) < 4.78 is 6.97. The van der Waals surface area contributed by atoms with Gasteiger partial charge in [-0.25, -0.2) is 0 Å². The van der Waals surface area contributed by atoms with Crippen molar-refractivity contribution in [1.82, 2.24) is 14.7 Å². The molecule has 1 saturated carbocycles. The van der Waals surface area contributed by atoms with Crippen LogP contribution in [0.15, 0.2) is 6.07 Å². The van der Waals surface area contributed by atoms with Gasteiger partial charge in [-0.3, -0.25) is 14.3 Å². The molecule has 1 aromatic heterocycles. The van der Waals surface area contributed by atoms with Crippen molar-refractivity contribution in [2.24, 2.45) is 16.7 Å². The summed E-state index contributed by atoms with van der Waals surface area (Å²) in [5, 5.41) is 4.44. The van der Waals surface area contributed by atoms with E-state index in [0.717, 1.165) is 31.5 Å². The second-order valence-electron chi connectivity index (χ2n) is 7.90. The number of amides is 1. The van der Waals surface area contributed by atoms with Crippen LogP contribution in [0.4, 0.5) is 0 Å². The molecule has 0 spiro atoms. The highest BCUT2D eigenvalue weighted by Gasteiger charge is 2.68. The standard InChI is InChI=1S/C17H23N3O3/c1-16(2)9-17(15(22)23-3)10-19(8-13(16)17)14(21)12-7-11-5-4-6-20(11)18-12/h7,13H,4-6,8-10H2,1-3H3/t13-,17+/m1/s1. The van der Waals surface area contributed by atoms with E-state index in [1.54, 1.807) is 4.90 Å². The summed E-state index contributed by atoms with van der Waals surface area (Å²) in [4.78, 5) is 27.0. The van der Waals surface area contributed by atoms with Gasteiger partial charge in [0.1, 0.15) is 0 Å². The maximum atomic E-state index is 12.8. The minimum atomic E-state index is -0.517. The number of hydrogen-bond acceptors (Lipinski definition) is 4. The number of aromatic nitrogens is 2. The zero-order chi connectivity index (χ0) is 16.4. The molecule has 6 heteroatoms. The van der Waals surface area contributed by atoms with Crippen molar-refractivity contribution < 1.29 is 14.3 Å². The lowest BCUT2D eigenvalue weighted by atomic mass is 9.48. The van der Waals surface area contributed by atoms with Gasteiger partial charge in [-0.15, -0.1) is 0 Å². The fourth-order valence-electron chi connectivity index (χ4n) is 5.05. The van der Waals surface area contributed by atoms with Crippen molar-refractivity contribution in [1.29, 1.82) is 0 Å². The number of nitrogens with zero attached hydrogens (tertiary/aromatic N) is 3. The van der Waals surface area contributed by atoms with Crippen LogP contribution in [0.2, 0.25) is 0 Å². The molecule has 2 fully saturated rings. The molecule has 1 aromatic rings. The first-order valence-electron chi connectivity index (χ1n) is 8.32. The van der Waals surface area contributed by atoms with Gasteiger partial charge in [-0.1, -0.05) is 13.8 Å². The third-order valence-corrected chi connectivity index (χ3v) is 6.02. The Morgan fingerprint density at radius 3 is 2.83 bits per heavy atom. The van der Waals surface area contributed by atoms with Crippen molar-refractivity contribution in [2.75, 3.05) is 20.2 Å². The van der Waals surface area contributed by atoms with E-state index in [1.807, 2.05) is 10.7 Å². The predicted molar refractivity (Wildman–Crippen MR) is 82.8 cm³/mol. The van der Waals surface area contributed by atoms with Crippen molar-refractivity contribution in [3.05, 3.63) is 17.5 Å². The van der Waals surface area contributed by atoms with E-state index in [9.17, 15) is 9.59 Å². The third-order valence-electron chi connectivity index (χ3n) is 6.02. The van der Waals surface area contributed by atoms with E-state index in [4.69, 9.17) is 4.74 Å². The number of ether oxygens (including phenoxy) is 1. The Morgan fingerprint density at radius 2 is 2.17 bits per heavy atom. The minimum Gasteiger partial charge on any atom is -0.469 e. The highest BCUT2D eigenvalue weighted by Crippen LogP contribution is 2.63. The molecule has 23 heavy (non-hydrogen) atoms. The minimum absolute atomic E-state index is 0.0552. The second kappa shape index (κ2) is 4.58. The molecular formula is C17H23N3O3. The largest absolute Gasteiger partial charge is 0.469 e. The summed E-state index contributed by atoms with van der Waals surface area (Å²) >= 11 is 0. The Labute approximate surface area is 135 Å². The molecule has 2 aliphatic heterocycles. The summed E-state index contributed by atoms with van der Waals surface area (Å²) in [6.45, 7) is 6.29. The molecule has 1 saturated heterocycles. The van der Waals surface area contributed by atoms with Crippen LogP contribution in [0.3, 0.4) is 0 Å². The van der Waals surface area contributed by atoms with Gasteiger partial charge < -0.3 is 9.64 Å². The van der Waals surface area contributed by atoms with Crippen LogP contribution in [0.25, 0.3) is 0 Å². The first-order valence-corrected chi connectivity index (χ1v) is 8.32. The molecule has 6 nitrogen and oxygen atoms in total. The monoisotopic (exact) mass is 317 g/mol. The van der Waals surface area contributed by atoms with Crippen molar-refractivity contribution in [3.8, 4) is 0 Å². The topological polar surface area (TPSA) is 64.4 Å². The summed E-state index contributed by atoms with van der Waals surface area (Å²) in [7, 11) is 1.43. The Morgan fingerprint density at radius 1 is 1.39 bits per heavy atom. The molecule has 0 bridgehead atoms. The lowest BCUT2D eigenvalue weighted by Crippen LogP contribution is -2.57. The second-order valence-corrected chi connectivity index (χ2v) is 7.90. The van der Waals surface area contributed by atoms with Crippen LogP contribution in [0, 0.1) is 16.7 Å². The maximum Gasteiger partial charge on any atom is 0.314 e. The van der Waals surface area contributed by atoms with Gasteiger partial charge in [0.15, 0.2) is 5.69 Å². The van der Waals surface area contributed by atoms with E-state index < -0.39 is 5.41 Å². The van der Waals surface area contributed by atoms with Gasteiger partial charge in [0.05, 0.1) is 12.5 Å². The number of likely N-dealkylation sites (tertiary alicyclic amines) is 1. The van der Waals surface area contributed by atoms with Crippen LogP contribution in [0.1, 0.15) is 42.9 Å². The number of hydrogen-bond donors (Lipinski definition) is 0. The number of methoxy groups -OCH3 is 1. The fraction of sp³-hybridized carbons (Fsp3) is 0.706. The molecule has 0 radical (unpaired) electrons. The molecule has 4 rings (SSSR count). The van der Waals surface area contributed by atoms with Gasteiger partial charge in [0.25, 0.3) is 5.91 Å². The molecule has 2 atom stereocenters. The summed E-state index contributed by atoms with van der Waals surface area (Å²) in [6.07, 6.45) is 2.87. The van der Waals surface area contributed by atoms with Gasteiger partial charge in [0, 0.05) is 25.3 Å². The number of fused-ring (bicyclic) bond motifs is 2. The first kappa shape index (κ1) is 14.7. The lowest BCUT2D eigenvalue weighted by Gasteiger charge is -2.54. The third kappa shape index (κ3) is 1.90. The van der Waals surface area contributed by atoms with E-state index in [2.05, 4.69) is 18.9 Å². The lowest BCUT2D eigenvalue weighted by molar-refractivity contribution is -0.174. The quantitative estimate of drug-likeness (QED) is 0.775. The van der Waals surface area contributed by atoms with Crippen molar-refractivity contribution in [2.45, 2.75) is 39.7 Å². The summed E-state index contributed by atoms with van der Waals surface area (Å²) in [5.74, 6) is -0.0642. The predicted octanol–water partition coefficient (Wildman–Crippen LogP) is 1.49. The Kier molecular flexibility index (Phi) is 2.93. The smallest absolute Gasteiger partial charge is 0.314 e. The zero-order valence-electron chi connectivity index (χ0n) is 14.0. The van der Waals surface area contributed by atoms with Crippen LogP contribution in [-0.4, -0.2) is 46.8 Å². The van der Waals surface area contributed by atoms with Crippen LogP contribution in [-0.2, 0) is 22.5 Å². The highest BCUT2D eigenvalue weighted by atomic mass is 16.5. The van der Waals surface area contributed by atoms with Crippen molar-refractivity contribution >= 4 is 11.9 Å². The van der Waals surface area contributed by atoms with Gasteiger partial charge in [-0.05, 0) is 36.7 Å². The average Bonchev–Trinajstić information content (AvgIpc) is 3.16. The fourth-order valence-corrected chi connectivity index (χ4v) is 5.05. The van der Waals surface area contributed by atoms with Gasteiger partial charge >= 0.3 is 5.97 Å². The van der Waals surface area contributed by atoms with Crippen molar-refractivity contribution in [3.63, 3.8) is 0 Å². The SMILES string of the molecule is COC(=O)[C@@]12CN(C(=O)c3cc4n(n3)CCC4)C[C@@H]1C(C)(C)C2. The first-order chi connectivity index (χ1) is 10.9. The number of carbonyl (C=O) groups is 2. The Hall–Kier alpha value is -1.85. The zero-order valence-corrected chi connectivity index (χ0v) is 14.0. The molecule has 0 aromatic carbocycles. The number of aryl methyl sites for hydroxylation is 2. The molecule has 3 aliphatic rings. The summed E-state index contributed by atoms with van der Waals surface area (Å²) in [5.41, 5.74) is 1.20. The maximum absolute atomic E-state index is 12.8. The number of esters is 1. The Balaban J connectivity index is 1.58. The van der Waals surface area contributed by atoms with Crippen LogP contribution < -0.4 is 0 Å². The number of carbonyl (C=O) groups excluding carboxylic acids is 2. The number of rotatable bonds is 2. The molecule has 1 aliphatic carbocycles.